The minimum Gasteiger partial charge on any atom is -0.493 e. The van der Waals surface area contributed by atoms with Crippen molar-refractivity contribution in [3.8, 4) is 5.75 Å². The second kappa shape index (κ2) is 10.2. The number of furan rings is 1. The first-order valence-electron chi connectivity index (χ1n) is 12.3. The van der Waals surface area contributed by atoms with E-state index in [1.165, 1.54) is 0 Å². The van der Waals surface area contributed by atoms with Crippen LogP contribution < -0.4 is 25.4 Å². The summed E-state index contributed by atoms with van der Waals surface area (Å²) >= 11 is 0. The second-order valence-electron chi connectivity index (χ2n) is 9.59. The molecule has 4 rings (SSSR count). The van der Waals surface area contributed by atoms with Crippen molar-refractivity contribution in [2.24, 2.45) is 5.41 Å². The molecule has 3 aromatic rings. The molecule has 0 fully saturated rings. The average Bonchev–Trinajstić information content (AvgIpc) is 3.23. The molecule has 0 bridgehead atoms. The number of aromatic nitrogens is 1. The first-order valence-corrected chi connectivity index (χ1v) is 12.3. The van der Waals surface area contributed by atoms with Crippen molar-refractivity contribution in [2.45, 2.75) is 40.7 Å². The van der Waals surface area contributed by atoms with Gasteiger partial charge < -0.3 is 28.8 Å². The molecule has 1 aliphatic rings. The normalized spacial score (nSPS) is 15.4. The van der Waals surface area contributed by atoms with E-state index in [1.807, 2.05) is 38.1 Å². The molecule has 192 valence electrons. The lowest BCUT2D eigenvalue weighted by Gasteiger charge is -2.27. The molecule has 2 amide bonds. The standard InChI is InChI=1S/C27H34N4O5/c1-6-31-21-9-8-19(17-22(21)29(5)25(33)27(3,4)26(31)34)35-15-7-11-28-12-14-30-13-10-23-20(24(30)32)16-18(2)36-23/h8-10,13,16-17,28H,6-7,11-12,14-15H2,1-5H3. The summed E-state index contributed by atoms with van der Waals surface area (Å²) in [6.45, 7) is 9.99. The minimum atomic E-state index is -1.13. The van der Waals surface area contributed by atoms with Crippen LogP contribution in [0.25, 0.3) is 11.0 Å². The van der Waals surface area contributed by atoms with E-state index in [-0.39, 0.29) is 17.4 Å². The zero-order valence-corrected chi connectivity index (χ0v) is 21.6. The Morgan fingerprint density at radius 2 is 1.81 bits per heavy atom. The summed E-state index contributed by atoms with van der Waals surface area (Å²) in [5, 5.41) is 3.94. The van der Waals surface area contributed by atoms with Crippen LogP contribution in [0.5, 0.6) is 5.75 Å². The summed E-state index contributed by atoms with van der Waals surface area (Å²) in [5.74, 6) is 0.923. The van der Waals surface area contributed by atoms with Crippen LogP contribution in [0, 0.1) is 12.3 Å². The van der Waals surface area contributed by atoms with E-state index in [9.17, 15) is 14.4 Å². The molecule has 0 saturated carbocycles. The van der Waals surface area contributed by atoms with Crippen LogP contribution >= 0.6 is 0 Å². The molecule has 1 N–H and O–H groups in total. The van der Waals surface area contributed by atoms with E-state index in [4.69, 9.17) is 9.15 Å². The highest BCUT2D eigenvalue weighted by atomic mass is 16.5. The van der Waals surface area contributed by atoms with Crippen LogP contribution in [0.1, 0.15) is 33.0 Å². The van der Waals surface area contributed by atoms with Crippen LogP contribution in [0.3, 0.4) is 0 Å². The summed E-state index contributed by atoms with van der Waals surface area (Å²) < 4.78 is 13.1. The van der Waals surface area contributed by atoms with E-state index in [1.54, 1.807) is 47.5 Å². The number of aryl methyl sites for hydroxylation is 1. The molecule has 1 aromatic carbocycles. The van der Waals surface area contributed by atoms with Crippen molar-refractivity contribution in [1.29, 1.82) is 0 Å². The van der Waals surface area contributed by atoms with Gasteiger partial charge in [0.25, 0.3) is 5.56 Å². The molecule has 3 heterocycles. The SMILES string of the molecule is CCN1C(=O)C(C)(C)C(=O)N(C)c2cc(OCCCNCCn3ccc4oc(C)cc4c3=O)ccc21. The van der Waals surface area contributed by atoms with Gasteiger partial charge in [-0.15, -0.1) is 0 Å². The van der Waals surface area contributed by atoms with Gasteiger partial charge in [-0.2, -0.15) is 0 Å². The molecule has 1 aliphatic heterocycles. The lowest BCUT2D eigenvalue weighted by Crippen LogP contribution is -2.47. The van der Waals surface area contributed by atoms with Crippen molar-refractivity contribution < 1.29 is 18.7 Å². The first-order chi connectivity index (χ1) is 17.1. The summed E-state index contributed by atoms with van der Waals surface area (Å²) in [4.78, 5) is 41.7. The number of hydrogen-bond donors (Lipinski definition) is 1. The maximum atomic E-state index is 13.0. The van der Waals surface area contributed by atoms with E-state index >= 15 is 0 Å². The predicted molar refractivity (Wildman–Crippen MR) is 140 cm³/mol. The molecule has 9 heteroatoms. The van der Waals surface area contributed by atoms with E-state index in [2.05, 4.69) is 5.32 Å². The van der Waals surface area contributed by atoms with Crippen LogP contribution in [0.4, 0.5) is 11.4 Å². The Kier molecular flexibility index (Phi) is 7.21. The largest absolute Gasteiger partial charge is 0.493 e. The van der Waals surface area contributed by atoms with Gasteiger partial charge in [0.1, 0.15) is 22.5 Å². The number of fused-ring (bicyclic) bond motifs is 2. The number of carbonyl (C=O) groups is 2. The number of benzene rings is 1. The first kappa shape index (κ1) is 25.5. The second-order valence-corrected chi connectivity index (χ2v) is 9.59. The molecule has 2 aromatic heterocycles. The van der Waals surface area contributed by atoms with Crippen LogP contribution in [-0.4, -0.2) is 49.7 Å². The fourth-order valence-corrected chi connectivity index (χ4v) is 4.56. The summed E-state index contributed by atoms with van der Waals surface area (Å²) in [5.41, 5.74) is 0.798. The van der Waals surface area contributed by atoms with Crippen molar-refractivity contribution in [3.05, 3.63) is 52.6 Å². The van der Waals surface area contributed by atoms with Gasteiger partial charge in [-0.05, 0) is 64.9 Å². The van der Waals surface area contributed by atoms with E-state index < -0.39 is 5.41 Å². The Bertz CT molecular complexity index is 1340. The molecule has 0 radical (unpaired) electrons. The number of rotatable bonds is 9. The topological polar surface area (TPSA) is 97.0 Å². The lowest BCUT2D eigenvalue weighted by molar-refractivity contribution is -0.137. The van der Waals surface area contributed by atoms with Crippen LogP contribution in [0.2, 0.25) is 0 Å². The summed E-state index contributed by atoms with van der Waals surface area (Å²) in [6, 6.07) is 9.08. The van der Waals surface area contributed by atoms with Gasteiger partial charge in [0.15, 0.2) is 0 Å². The van der Waals surface area contributed by atoms with E-state index in [0.29, 0.717) is 54.3 Å². The molecule has 0 unspecified atom stereocenters. The zero-order chi connectivity index (χ0) is 26.0. The number of anilines is 2. The minimum absolute atomic E-state index is 0.0483. The van der Waals surface area contributed by atoms with Gasteiger partial charge in [-0.1, -0.05) is 0 Å². The number of nitrogens with zero attached hydrogens (tertiary/aromatic N) is 3. The van der Waals surface area contributed by atoms with E-state index in [0.717, 1.165) is 18.7 Å². The molecule has 0 aliphatic carbocycles. The highest BCUT2D eigenvalue weighted by molar-refractivity contribution is 6.20. The fourth-order valence-electron chi connectivity index (χ4n) is 4.56. The highest BCUT2D eigenvalue weighted by Gasteiger charge is 2.45. The molecular weight excluding hydrogens is 460 g/mol. The number of ether oxygens (including phenoxy) is 1. The van der Waals surface area contributed by atoms with Crippen molar-refractivity contribution in [3.63, 3.8) is 0 Å². The highest BCUT2D eigenvalue weighted by Crippen LogP contribution is 2.40. The Balaban J connectivity index is 1.29. The van der Waals surface area contributed by atoms with Gasteiger partial charge >= 0.3 is 0 Å². The average molecular weight is 495 g/mol. The smallest absolute Gasteiger partial charge is 0.261 e. The van der Waals surface area contributed by atoms with Gasteiger partial charge in [0.05, 0.1) is 23.4 Å². The summed E-state index contributed by atoms with van der Waals surface area (Å²) in [6.07, 6.45) is 2.53. The Morgan fingerprint density at radius 1 is 1.03 bits per heavy atom. The van der Waals surface area contributed by atoms with Crippen LogP contribution in [-0.2, 0) is 16.1 Å². The molecule has 0 spiro atoms. The van der Waals surface area contributed by atoms with Gasteiger partial charge in [0.2, 0.25) is 11.8 Å². The number of nitrogens with one attached hydrogen (secondary N) is 1. The molecule has 36 heavy (non-hydrogen) atoms. The van der Waals surface area contributed by atoms with Crippen molar-refractivity contribution in [1.82, 2.24) is 9.88 Å². The lowest BCUT2D eigenvalue weighted by atomic mass is 9.90. The Hall–Kier alpha value is -3.59. The van der Waals surface area contributed by atoms with Crippen LogP contribution in [0.15, 0.2) is 45.7 Å². The fraction of sp³-hybridized carbons (Fsp3) is 0.444. The van der Waals surface area contributed by atoms with Gasteiger partial charge in [-0.25, -0.2) is 0 Å². The van der Waals surface area contributed by atoms with Gasteiger partial charge in [0, 0.05) is 38.9 Å². The maximum Gasteiger partial charge on any atom is 0.261 e. The molecule has 9 nitrogen and oxygen atoms in total. The molecule has 0 atom stereocenters. The quantitative estimate of drug-likeness (QED) is 0.362. The number of pyridine rings is 1. The third-order valence-electron chi connectivity index (χ3n) is 6.61. The van der Waals surface area contributed by atoms with Gasteiger partial charge in [-0.3, -0.25) is 14.4 Å². The summed E-state index contributed by atoms with van der Waals surface area (Å²) in [7, 11) is 1.69. The maximum absolute atomic E-state index is 13.0. The molecular formula is C27H34N4O5. The van der Waals surface area contributed by atoms with Crippen molar-refractivity contribution in [2.75, 3.05) is 43.1 Å². The predicted octanol–water partition coefficient (Wildman–Crippen LogP) is 3.32. The number of hydrogen-bond acceptors (Lipinski definition) is 6. The van der Waals surface area contributed by atoms with Crippen molar-refractivity contribution >= 4 is 34.2 Å². The third-order valence-corrected chi connectivity index (χ3v) is 6.61. The zero-order valence-electron chi connectivity index (χ0n) is 21.6. The molecule has 0 saturated heterocycles. The Labute approximate surface area is 210 Å². The monoisotopic (exact) mass is 494 g/mol. The third kappa shape index (κ3) is 4.75. The Morgan fingerprint density at radius 3 is 2.56 bits per heavy atom. The number of amides is 2. The number of carbonyl (C=O) groups excluding carboxylic acids is 2.